The fourth-order valence-corrected chi connectivity index (χ4v) is 3.36. The largest absolute Gasteiger partial charge is 0.338 e. The predicted octanol–water partition coefficient (Wildman–Crippen LogP) is 3.18. The van der Waals surface area contributed by atoms with Crippen LogP contribution in [0.2, 0.25) is 0 Å². The zero-order valence-corrected chi connectivity index (χ0v) is 15.4. The van der Waals surface area contributed by atoms with Crippen LogP contribution in [0.15, 0.2) is 48.8 Å². The Labute approximate surface area is 160 Å². The van der Waals surface area contributed by atoms with Crippen LogP contribution in [-0.4, -0.2) is 35.5 Å². The summed E-state index contributed by atoms with van der Waals surface area (Å²) in [4.78, 5) is 18.6. The first-order valence-electron chi connectivity index (χ1n) is 9.35. The average molecular weight is 363 g/mol. The third-order valence-electron chi connectivity index (χ3n) is 4.88. The van der Waals surface area contributed by atoms with Gasteiger partial charge in [-0.2, -0.15) is 5.26 Å². The van der Waals surface area contributed by atoms with Crippen molar-refractivity contribution in [2.75, 3.05) is 25.0 Å². The van der Waals surface area contributed by atoms with Crippen LogP contribution in [0.25, 0.3) is 0 Å². The molecule has 0 unspecified atom stereocenters. The second-order valence-electron chi connectivity index (χ2n) is 6.95. The molecule has 0 saturated carbocycles. The maximum absolute atomic E-state index is 12.1. The Morgan fingerprint density at radius 1 is 1.19 bits per heavy atom. The van der Waals surface area contributed by atoms with Crippen LogP contribution in [-0.2, 0) is 13.0 Å². The van der Waals surface area contributed by atoms with E-state index in [9.17, 15) is 4.79 Å². The molecule has 0 aliphatic carbocycles. The molecule has 1 saturated heterocycles. The minimum Gasteiger partial charge on any atom is -0.338 e. The Morgan fingerprint density at radius 3 is 2.70 bits per heavy atom. The summed E-state index contributed by atoms with van der Waals surface area (Å²) >= 11 is 0. The van der Waals surface area contributed by atoms with Gasteiger partial charge in [-0.3, -0.25) is 9.88 Å². The molecule has 1 aliphatic rings. The van der Waals surface area contributed by atoms with Gasteiger partial charge in [0.2, 0.25) is 0 Å². The summed E-state index contributed by atoms with van der Waals surface area (Å²) in [7, 11) is 0. The van der Waals surface area contributed by atoms with Gasteiger partial charge in [0.25, 0.3) is 0 Å². The van der Waals surface area contributed by atoms with Gasteiger partial charge in [0.15, 0.2) is 0 Å². The molecule has 0 radical (unpaired) electrons. The van der Waals surface area contributed by atoms with E-state index in [1.165, 1.54) is 5.56 Å². The Morgan fingerprint density at radius 2 is 1.96 bits per heavy atom. The van der Waals surface area contributed by atoms with E-state index in [0.717, 1.165) is 38.0 Å². The summed E-state index contributed by atoms with van der Waals surface area (Å²) in [6, 6.07) is 13.4. The zero-order valence-electron chi connectivity index (χ0n) is 15.4. The van der Waals surface area contributed by atoms with Gasteiger partial charge in [-0.25, -0.2) is 4.79 Å². The molecular formula is C21H25N5O. The highest BCUT2D eigenvalue weighted by atomic mass is 16.2. The van der Waals surface area contributed by atoms with E-state index in [2.05, 4.69) is 38.7 Å². The highest BCUT2D eigenvalue weighted by Crippen LogP contribution is 2.18. The second-order valence-corrected chi connectivity index (χ2v) is 6.95. The van der Waals surface area contributed by atoms with E-state index < -0.39 is 0 Å². The Balaban J connectivity index is 1.38. The molecule has 0 bridgehead atoms. The van der Waals surface area contributed by atoms with Crippen molar-refractivity contribution >= 4 is 11.7 Å². The lowest BCUT2D eigenvalue weighted by Crippen LogP contribution is -2.39. The van der Waals surface area contributed by atoms with E-state index >= 15 is 0 Å². The van der Waals surface area contributed by atoms with Gasteiger partial charge in [-0.05, 0) is 67.2 Å². The molecule has 6 nitrogen and oxygen atoms in total. The van der Waals surface area contributed by atoms with Gasteiger partial charge in [0.1, 0.15) is 0 Å². The van der Waals surface area contributed by atoms with E-state index in [1.54, 1.807) is 0 Å². The van der Waals surface area contributed by atoms with Crippen molar-refractivity contribution in [3.05, 3.63) is 59.9 Å². The van der Waals surface area contributed by atoms with E-state index in [1.807, 2.05) is 36.7 Å². The van der Waals surface area contributed by atoms with Crippen LogP contribution < -0.4 is 10.6 Å². The molecular weight excluding hydrogens is 338 g/mol. The Kier molecular flexibility index (Phi) is 6.78. The quantitative estimate of drug-likeness (QED) is 0.826. The van der Waals surface area contributed by atoms with Crippen molar-refractivity contribution in [3.63, 3.8) is 0 Å². The number of amides is 2. The molecule has 0 spiro atoms. The van der Waals surface area contributed by atoms with Crippen molar-refractivity contribution in [3.8, 4) is 6.07 Å². The molecule has 3 rings (SSSR count). The lowest BCUT2D eigenvalue weighted by atomic mass is 9.96. The zero-order chi connectivity index (χ0) is 18.9. The molecule has 1 aromatic carbocycles. The van der Waals surface area contributed by atoms with Crippen LogP contribution in [0.3, 0.4) is 0 Å². The van der Waals surface area contributed by atoms with Crippen LogP contribution in [0.4, 0.5) is 10.5 Å². The number of hydrogen-bond donors (Lipinski definition) is 2. The number of piperidine rings is 1. The number of carbonyl (C=O) groups is 1. The number of carbonyl (C=O) groups excluding carboxylic acids is 1. The number of pyridine rings is 1. The van der Waals surface area contributed by atoms with Crippen LogP contribution in [0, 0.1) is 17.2 Å². The number of nitriles is 1. The number of aromatic nitrogens is 1. The lowest BCUT2D eigenvalue weighted by Gasteiger charge is -2.32. The number of rotatable bonds is 6. The van der Waals surface area contributed by atoms with Gasteiger partial charge < -0.3 is 10.6 Å². The van der Waals surface area contributed by atoms with Crippen LogP contribution >= 0.6 is 0 Å². The molecule has 6 heteroatoms. The third-order valence-corrected chi connectivity index (χ3v) is 4.88. The minimum absolute atomic E-state index is 0.191. The highest BCUT2D eigenvalue weighted by molar-refractivity contribution is 5.89. The van der Waals surface area contributed by atoms with Crippen molar-refractivity contribution < 1.29 is 4.79 Å². The van der Waals surface area contributed by atoms with Gasteiger partial charge in [-0.15, -0.1) is 0 Å². The first-order chi connectivity index (χ1) is 13.2. The third kappa shape index (κ3) is 6.08. The summed E-state index contributed by atoms with van der Waals surface area (Å²) in [5, 5.41) is 14.6. The van der Waals surface area contributed by atoms with E-state index in [0.29, 0.717) is 24.6 Å². The lowest BCUT2D eigenvalue weighted by molar-refractivity contribution is 0.175. The van der Waals surface area contributed by atoms with Crippen molar-refractivity contribution in [1.29, 1.82) is 5.26 Å². The van der Waals surface area contributed by atoms with Crippen molar-refractivity contribution in [1.82, 2.24) is 15.2 Å². The van der Waals surface area contributed by atoms with Gasteiger partial charge >= 0.3 is 6.03 Å². The molecule has 1 aromatic heterocycles. The monoisotopic (exact) mass is 363 g/mol. The summed E-state index contributed by atoms with van der Waals surface area (Å²) < 4.78 is 0. The summed E-state index contributed by atoms with van der Waals surface area (Å²) in [5.41, 5.74) is 2.91. The normalized spacial score (nSPS) is 15.1. The SMILES string of the molecule is N#CCc1cccc(NC(=O)NCC2CCN(Cc3ccncc3)CC2)c1. The predicted molar refractivity (Wildman–Crippen MR) is 105 cm³/mol. The molecule has 1 fully saturated rings. The molecule has 0 atom stereocenters. The number of urea groups is 1. The first kappa shape index (κ1) is 18.9. The number of benzene rings is 1. The van der Waals surface area contributed by atoms with Gasteiger partial charge in [-0.1, -0.05) is 12.1 Å². The number of nitrogens with one attached hydrogen (secondary N) is 2. The molecule has 27 heavy (non-hydrogen) atoms. The average Bonchev–Trinajstić information content (AvgIpc) is 2.69. The van der Waals surface area contributed by atoms with Crippen LogP contribution in [0.5, 0.6) is 0 Å². The Hall–Kier alpha value is -2.91. The van der Waals surface area contributed by atoms with E-state index in [-0.39, 0.29) is 6.03 Å². The molecule has 1 aliphatic heterocycles. The maximum Gasteiger partial charge on any atom is 0.319 e. The number of anilines is 1. The minimum atomic E-state index is -0.191. The number of hydrogen-bond acceptors (Lipinski definition) is 4. The maximum atomic E-state index is 12.1. The van der Waals surface area contributed by atoms with E-state index in [4.69, 9.17) is 5.26 Å². The number of likely N-dealkylation sites (tertiary alicyclic amines) is 1. The second kappa shape index (κ2) is 9.70. The number of nitrogens with zero attached hydrogens (tertiary/aromatic N) is 3. The Bertz CT molecular complexity index is 779. The summed E-state index contributed by atoms with van der Waals surface area (Å²) in [6.45, 7) is 3.74. The molecule has 2 aromatic rings. The molecule has 140 valence electrons. The first-order valence-corrected chi connectivity index (χ1v) is 9.35. The molecule has 2 N–H and O–H groups in total. The molecule has 2 amide bonds. The van der Waals surface area contributed by atoms with Gasteiger partial charge in [0, 0.05) is 31.2 Å². The van der Waals surface area contributed by atoms with Gasteiger partial charge in [0.05, 0.1) is 12.5 Å². The molecule has 2 heterocycles. The van der Waals surface area contributed by atoms with Crippen molar-refractivity contribution in [2.45, 2.75) is 25.8 Å². The summed E-state index contributed by atoms with van der Waals surface area (Å²) in [5.74, 6) is 0.509. The fourth-order valence-electron chi connectivity index (χ4n) is 3.36. The van der Waals surface area contributed by atoms with Crippen molar-refractivity contribution in [2.24, 2.45) is 5.92 Å². The highest BCUT2D eigenvalue weighted by Gasteiger charge is 2.19. The standard InChI is InChI=1S/C21H25N5O/c22-9-4-17-2-1-3-20(14-17)25-21(27)24-15-18-7-12-26(13-8-18)16-19-5-10-23-11-6-19/h1-3,5-6,10-11,14,18H,4,7-8,12-13,15-16H2,(H2,24,25,27). The summed E-state index contributed by atoms with van der Waals surface area (Å²) in [6.07, 6.45) is 6.18. The smallest absolute Gasteiger partial charge is 0.319 e. The fraction of sp³-hybridized carbons (Fsp3) is 0.381. The topological polar surface area (TPSA) is 81.0 Å². The van der Waals surface area contributed by atoms with Crippen LogP contribution in [0.1, 0.15) is 24.0 Å².